The Morgan fingerprint density at radius 2 is 1.30 bits per heavy atom. The first-order valence-corrected chi connectivity index (χ1v) is 11.6. The molecule has 23 heavy (non-hydrogen) atoms. The molecule has 0 amide bonds. The summed E-state index contributed by atoms with van der Waals surface area (Å²) in [4.78, 5) is -1.83. The maximum Gasteiger partial charge on any atom is 0.299 e. The van der Waals surface area contributed by atoms with Crippen LogP contribution in [0.3, 0.4) is 0 Å². The van der Waals surface area contributed by atoms with Gasteiger partial charge in [0.15, 0.2) is 11.9 Å². The van der Waals surface area contributed by atoms with Crippen LogP contribution in [0.15, 0.2) is 0 Å². The minimum Gasteiger partial charge on any atom is -0.249 e. The van der Waals surface area contributed by atoms with Gasteiger partial charge in [-0.1, -0.05) is 0 Å². The standard InChI is InChI=1S/C4H8O6S2.C3H6O6S2/c1-4(2)10-11(5,6)3-9-12(4,7)8;1-3-9-10(4,5)2-8-11(3,6)7/h3H2,1-2H3;3H,2H2,1H3. The molecule has 0 aromatic rings. The van der Waals surface area contributed by atoms with Crippen molar-refractivity contribution in [3.63, 3.8) is 0 Å². The Morgan fingerprint density at radius 1 is 0.826 bits per heavy atom. The highest BCUT2D eigenvalue weighted by molar-refractivity contribution is 7.93. The lowest BCUT2D eigenvalue weighted by molar-refractivity contribution is 0.147. The summed E-state index contributed by atoms with van der Waals surface area (Å²) >= 11 is 0. The highest BCUT2D eigenvalue weighted by Crippen LogP contribution is 2.27. The average Bonchev–Trinajstić information content (AvgIpc) is 2.31. The first-order valence-electron chi connectivity index (χ1n) is 5.61. The summed E-state index contributed by atoms with van der Waals surface area (Å²) in [5.74, 6) is -1.88. The zero-order valence-electron chi connectivity index (χ0n) is 12.0. The Hall–Kier alpha value is -0.360. The van der Waals surface area contributed by atoms with Crippen LogP contribution in [-0.4, -0.2) is 55.9 Å². The monoisotopic (exact) mass is 418 g/mol. The van der Waals surface area contributed by atoms with Crippen LogP contribution < -0.4 is 0 Å². The quantitative estimate of drug-likeness (QED) is 0.412. The summed E-state index contributed by atoms with van der Waals surface area (Å²) in [6.45, 7) is 3.31. The van der Waals surface area contributed by atoms with Gasteiger partial charge in [0, 0.05) is 0 Å². The van der Waals surface area contributed by atoms with Crippen LogP contribution >= 0.6 is 0 Å². The molecule has 2 fully saturated rings. The highest BCUT2D eigenvalue weighted by Gasteiger charge is 2.46. The van der Waals surface area contributed by atoms with Crippen LogP contribution in [0, 0.1) is 0 Å². The van der Waals surface area contributed by atoms with Gasteiger partial charge in [0.25, 0.3) is 40.5 Å². The van der Waals surface area contributed by atoms with Crippen LogP contribution in [0.2, 0.25) is 0 Å². The fraction of sp³-hybridized carbons (Fsp3) is 1.00. The van der Waals surface area contributed by atoms with Gasteiger partial charge in [-0.05, 0) is 20.8 Å². The van der Waals surface area contributed by atoms with Gasteiger partial charge in [0.2, 0.25) is 10.4 Å². The van der Waals surface area contributed by atoms with Crippen LogP contribution in [0.4, 0.5) is 0 Å². The molecular formula is C7H14O12S4. The molecule has 2 heterocycles. The lowest BCUT2D eigenvalue weighted by atomic mass is 10.5. The van der Waals surface area contributed by atoms with Crippen molar-refractivity contribution in [2.24, 2.45) is 0 Å². The third kappa shape index (κ3) is 5.31. The van der Waals surface area contributed by atoms with Gasteiger partial charge in [-0.15, -0.1) is 0 Å². The third-order valence-electron chi connectivity index (χ3n) is 2.32. The summed E-state index contributed by atoms with van der Waals surface area (Å²) in [5, 5.41) is 0. The summed E-state index contributed by atoms with van der Waals surface area (Å²) in [6.07, 6.45) is 0. The van der Waals surface area contributed by atoms with E-state index in [4.69, 9.17) is 0 Å². The summed E-state index contributed by atoms with van der Waals surface area (Å²) in [5.41, 5.74) is -1.44. The van der Waals surface area contributed by atoms with Crippen molar-refractivity contribution in [1.82, 2.24) is 0 Å². The van der Waals surface area contributed by atoms with Gasteiger partial charge >= 0.3 is 0 Å². The fourth-order valence-corrected chi connectivity index (χ4v) is 6.12. The molecule has 1 atom stereocenters. The molecule has 0 saturated carbocycles. The van der Waals surface area contributed by atoms with Gasteiger partial charge in [-0.3, -0.25) is 0 Å². The van der Waals surface area contributed by atoms with Crippen molar-refractivity contribution < 1.29 is 50.4 Å². The number of hydrogen-bond donors (Lipinski definition) is 0. The second-order valence-corrected chi connectivity index (χ2v) is 11.8. The molecule has 0 aliphatic carbocycles. The van der Waals surface area contributed by atoms with E-state index < -0.39 is 62.7 Å². The Labute approximate surface area is 134 Å². The van der Waals surface area contributed by atoms with Crippen LogP contribution in [-0.2, 0) is 57.2 Å². The van der Waals surface area contributed by atoms with Crippen LogP contribution in [0.5, 0.6) is 0 Å². The predicted molar refractivity (Wildman–Crippen MR) is 73.3 cm³/mol. The molecule has 12 nitrogen and oxygen atoms in total. The molecule has 0 N–H and O–H groups in total. The minimum absolute atomic E-state index is 0.931. The normalized spacial score (nSPS) is 32.9. The van der Waals surface area contributed by atoms with E-state index in [1.807, 2.05) is 0 Å². The van der Waals surface area contributed by atoms with E-state index in [0.717, 1.165) is 20.8 Å². The van der Waals surface area contributed by atoms with Crippen molar-refractivity contribution in [3.05, 3.63) is 0 Å². The Balaban J connectivity index is 0.000000231. The molecule has 2 rings (SSSR count). The molecule has 16 heteroatoms. The van der Waals surface area contributed by atoms with Crippen LogP contribution in [0.1, 0.15) is 20.8 Å². The highest BCUT2D eigenvalue weighted by atomic mass is 32.3. The second kappa shape index (κ2) is 6.17. The summed E-state index contributed by atoms with van der Waals surface area (Å²) < 4.78 is 103. The largest absolute Gasteiger partial charge is 0.299 e. The van der Waals surface area contributed by atoms with E-state index in [1.54, 1.807) is 0 Å². The smallest absolute Gasteiger partial charge is 0.249 e. The first-order chi connectivity index (χ1) is 10.00. The van der Waals surface area contributed by atoms with Crippen molar-refractivity contribution in [2.75, 3.05) is 11.9 Å². The van der Waals surface area contributed by atoms with Gasteiger partial charge in [0.1, 0.15) is 0 Å². The maximum atomic E-state index is 11.0. The van der Waals surface area contributed by atoms with Crippen LogP contribution in [0.25, 0.3) is 0 Å². The first kappa shape index (κ1) is 20.7. The summed E-state index contributed by atoms with van der Waals surface area (Å²) in [6, 6.07) is 0. The molecule has 2 aliphatic heterocycles. The summed E-state index contributed by atoms with van der Waals surface area (Å²) in [7, 11) is -15.4. The molecular weight excluding hydrogens is 404 g/mol. The Kier molecular flexibility index (Phi) is 5.55. The molecule has 0 bridgehead atoms. The number of hydrogen-bond acceptors (Lipinski definition) is 12. The van der Waals surface area contributed by atoms with Crippen molar-refractivity contribution in [1.29, 1.82) is 0 Å². The zero-order chi connectivity index (χ0) is 18.3. The van der Waals surface area contributed by atoms with Gasteiger partial charge < -0.3 is 0 Å². The van der Waals surface area contributed by atoms with E-state index in [-0.39, 0.29) is 0 Å². The molecule has 0 aromatic heterocycles. The number of rotatable bonds is 0. The molecule has 0 aromatic carbocycles. The van der Waals surface area contributed by atoms with E-state index in [0.29, 0.717) is 0 Å². The Morgan fingerprint density at radius 3 is 1.65 bits per heavy atom. The topological polar surface area (TPSA) is 173 Å². The Bertz CT molecular complexity index is 860. The maximum absolute atomic E-state index is 11.0. The molecule has 2 aliphatic rings. The molecule has 138 valence electrons. The zero-order valence-corrected chi connectivity index (χ0v) is 15.3. The molecule has 2 saturated heterocycles. The average molecular weight is 418 g/mol. The van der Waals surface area contributed by atoms with Gasteiger partial charge in [0.05, 0.1) is 0 Å². The van der Waals surface area contributed by atoms with E-state index in [9.17, 15) is 33.7 Å². The fourth-order valence-electron chi connectivity index (χ4n) is 1.14. The molecule has 0 radical (unpaired) electrons. The van der Waals surface area contributed by atoms with Gasteiger partial charge in [-0.25, -0.2) is 16.7 Å². The lowest BCUT2D eigenvalue weighted by Crippen LogP contribution is -2.44. The van der Waals surface area contributed by atoms with Crippen molar-refractivity contribution >= 4 is 40.5 Å². The lowest BCUT2D eigenvalue weighted by Gasteiger charge is -2.27. The van der Waals surface area contributed by atoms with Crippen molar-refractivity contribution in [2.45, 2.75) is 31.1 Å². The SMILES string of the molecule is CC1(C)OS(=O)(=O)COS1(=O)=O.CC1OS(=O)(=O)COS1(=O)=O. The second-order valence-electron chi connectivity index (χ2n) is 4.68. The predicted octanol–water partition coefficient (Wildman–Crippen LogP) is -1.62. The van der Waals surface area contributed by atoms with E-state index in [2.05, 4.69) is 16.7 Å². The van der Waals surface area contributed by atoms with E-state index >= 15 is 0 Å². The third-order valence-corrected chi connectivity index (χ3v) is 7.99. The van der Waals surface area contributed by atoms with E-state index in [1.165, 1.54) is 0 Å². The molecule has 0 spiro atoms. The van der Waals surface area contributed by atoms with Gasteiger partial charge in [-0.2, -0.15) is 33.7 Å². The molecule has 1 unspecified atom stereocenters. The minimum atomic E-state index is -3.93. The van der Waals surface area contributed by atoms with Crippen molar-refractivity contribution in [3.8, 4) is 0 Å².